The molecule has 0 radical (unpaired) electrons. The second-order valence-electron chi connectivity index (χ2n) is 5.53. The third-order valence-electron chi connectivity index (χ3n) is 3.88. The molecule has 0 fully saturated rings. The molecule has 1 atom stereocenters. The molecule has 0 saturated carbocycles. The Hall–Kier alpha value is -1.25. The zero-order valence-electron chi connectivity index (χ0n) is 13.4. The Labute approximate surface area is 133 Å². The van der Waals surface area contributed by atoms with E-state index < -0.39 is 0 Å². The average Bonchev–Trinajstić information content (AvgIpc) is 2.47. The van der Waals surface area contributed by atoms with Gasteiger partial charge in [0.25, 0.3) is 0 Å². The van der Waals surface area contributed by atoms with E-state index in [1.165, 1.54) is 27.1 Å². The normalized spacial score (nSPS) is 12.4. The fraction of sp³-hybridized carbons (Fsp3) is 0.368. The first-order valence-corrected chi connectivity index (χ1v) is 8.59. The fourth-order valence-corrected chi connectivity index (χ4v) is 3.64. The molecule has 0 aliphatic heterocycles. The lowest BCUT2D eigenvalue weighted by atomic mass is 9.98. The Morgan fingerprint density at radius 3 is 2.52 bits per heavy atom. The summed E-state index contributed by atoms with van der Waals surface area (Å²) in [6.45, 7) is 9.74. The monoisotopic (exact) mass is 299 g/mol. The lowest BCUT2D eigenvalue weighted by molar-refractivity contribution is 0.602. The zero-order chi connectivity index (χ0) is 15.2. The van der Waals surface area contributed by atoms with Crippen LogP contribution in [0.5, 0.6) is 0 Å². The smallest absolute Gasteiger partial charge is 0.0418 e. The molecule has 0 saturated heterocycles. The molecule has 0 bridgehead atoms. The predicted octanol–water partition coefficient (Wildman–Crippen LogP) is 5.05. The van der Waals surface area contributed by atoms with Crippen molar-refractivity contribution in [3.8, 4) is 0 Å². The summed E-state index contributed by atoms with van der Waals surface area (Å²) in [4.78, 5) is 1.35. The molecular formula is C19H25NS. The Balaban J connectivity index is 2.14. The first kappa shape index (κ1) is 16.1. The summed E-state index contributed by atoms with van der Waals surface area (Å²) >= 11 is 1.93. The van der Waals surface area contributed by atoms with E-state index in [9.17, 15) is 0 Å². The second-order valence-corrected chi connectivity index (χ2v) is 6.62. The van der Waals surface area contributed by atoms with Crippen LogP contribution in [0.2, 0.25) is 0 Å². The summed E-state index contributed by atoms with van der Waals surface area (Å²) in [5.74, 6) is 1.06. The van der Waals surface area contributed by atoms with Crippen LogP contribution >= 0.6 is 11.8 Å². The van der Waals surface area contributed by atoms with Crippen molar-refractivity contribution in [2.75, 3.05) is 12.3 Å². The molecule has 0 amide bonds. The van der Waals surface area contributed by atoms with Gasteiger partial charge in [-0.3, -0.25) is 0 Å². The van der Waals surface area contributed by atoms with E-state index in [-0.39, 0.29) is 0 Å². The average molecular weight is 299 g/mol. The highest BCUT2D eigenvalue weighted by Gasteiger charge is 2.14. The molecule has 0 aromatic heterocycles. The van der Waals surface area contributed by atoms with Gasteiger partial charge in [0.15, 0.2) is 0 Å². The lowest BCUT2D eigenvalue weighted by Gasteiger charge is -2.21. The van der Waals surface area contributed by atoms with Crippen molar-refractivity contribution < 1.29 is 0 Å². The van der Waals surface area contributed by atoms with Gasteiger partial charge in [-0.15, -0.1) is 11.8 Å². The van der Waals surface area contributed by atoms with Crippen molar-refractivity contribution in [2.24, 2.45) is 0 Å². The number of aryl methyl sites for hydroxylation is 2. The largest absolute Gasteiger partial charge is 0.309 e. The van der Waals surface area contributed by atoms with E-state index in [4.69, 9.17) is 0 Å². The highest BCUT2D eigenvalue weighted by atomic mass is 32.2. The van der Waals surface area contributed by atoms with Gasteiger partial charge < -0.3 is 5.32 Å². The maximum absolute atomic E-state index is 3.63. The van der Waals surface area contributed by atoms with E-state index in [2.05, 4.69) is 75.5 Å². The minimum Gasteiger partial charge on any atom is -0.309 e. The van der Waals surface area contributed by atoms with Crippen LogP contribution in [0, 0.1) is 20.8 Å². The first-order chi connectivity index (χ1) is 10.1. The molecule has 112 valence electrons. The first-order valence-electron chi connectivity index (χ1n) is 7.60. The Morgan fingerprint density at radius 1 is 1.05 bits per heavy atom. The summed E-state index contributed by atoms with van der Waals surface area (Å²) in [7, 11) is 0. The molecule has 2 aromatic carbocycles. The molecule has 0 heterocycles. The zero-order valence-corrected chi connectivity index (χ0v) is 14.3. The van der Waals surface area contributed by atoms with Gasteiger partial charge in [-0.25, -0.2) is 0 Å². The third-order valence-corrected chi connectivity index (χ3v) is 4.97. The van der Waals surface area contributed by atoms with Gasteiger partial charge in [0, 0.05) is 16.7 Å². The third kappa shape index (κ3) is 4.36. The predicted molar refractivity (Wildman–Crippen MR) is 94.2 cm³/mol. The summed E-state index contributed by atoms with van der Waals surface area (Å²) in [6, 6.07) is 15.8. The molecule has 0 aliphatic carbocycles. The minimum atomic E-state index is 0.403. The van der Waals surface area contributed by atoms with Gasteiger partial charge >= 0.3 is 0 Å². The van der Waals surface area contributed by atoms with Crippen LogP contribution in [0.15, 0.2) is 47.4 Å². The van der Waals surface area contributed by atoms with Gasteiger partial charge in [0.1, 0.15) is 0 Å². The lowest BCUT2D eigenvalue weighted by Crippen LogP contribution is -2.24. The fourth-order valence-electron chi connectivity index (χ4n) is 2.54. The van der Waals surface area contributed by atoms with E-state index >= 15 is 0 Å². The van der Waals surface area contributed by atoms with Crippen molar-refractivity contribution in [1.29, 1.82) is 0 Å². The number of rotatable bonds is 6. The van der Waals surface area contributed by atoms with Crippen LogP contribution in [0.25, 0.3) is 0 Å². The second kappa shape index (κ2) is 7.67. The SMILES string of the molecule is CCNC(CSc1cccc(C)c1)c1cccc(C)c1C. The van der Waals surface area contributed by atoms with Crippen LogP contribution in [0.1, 0.15) is 35.2 Å². The number of hydrogen-bond acceptors (Lipinski definition) is 2. The van der Waals surface area contributed by atoms with Gasteiger partial charge in [-0.05, 0) is 56.1 Å². The van der Waals surface area contributed by atoms with Crippen LogP contribution in [0.4, 0.5) is 0 Å². The van der Waals surface area contributed by atoms with Crippen LogP contribution < -0.4 is 5.32 Å². The molecule has 2 aromatic rings. The summed E-state index contributed by atoms with van der Waals surface area (Å²) in [5.41, 5.74) is 5.54. The summed E-state index contributed by atoms with van der Waals surface area (Å²) in [6.07, 6.45) is 0. The number of benzene rings is 2. The van der Waals surface area contributed by atoms with Gasteiger partial charge in [-0.1, -0.05) is 42.8 Å². The van der Waals surface area contributed by atoms with Crippen molar-refractivity contribution in [1.82, 2.24) is 5.32 Å². The van der Waals surface area contributed by atoms with Crippen molar-refractivity contribution in [2.45, 2.75) is 38.6 Å². The van der Waals surface area contributed by atoms with Gasteiger partial charge in [0.05, 0.1) is 0 Å². The van der Waals surface area contributed by atoms with Crippen molar-refractivity contribution >= 4 is 11.8 Å². The van der Waals surface area contributed by atoms with Crippen molar-refractivity contribution in [3.63, 3.8) is 0 Å². The topological polar surface area (TPSA) is 12.0 Å². The molecule has 2 heteroatoms. The van der Waals surface area contributed by atoms with Gasteiger partial charge in [-0.2, -0.15) is 0 Å². The van der Waals surface area contributed by atoms with Crippen molar-refractivity contribution in [3.05, 3.63) is 64.7 Å². The van der Waals surface area contributed by atoms with Gasteiger partial charge in [0.2, 0.25) is 0 Å². The Kier molecular flexibility index (Phi) is 5.89. The quantitative estimate of drug-likeness (QED) is 0.749. The molecule has 0 aliphatic rings. The van der Waals surface area contributed by atoms with E-state index in [1.54, 1.807) is 0 Å². The Morgan fingerprint density at radius 2 is 1.81 bits per heavy atom. The maximum atomic E-state index is 3.63. The van der Waals surface area contributed by atoms with Crippen LogP contribution in [-0.2, 0) is 0 Å². The Bertz CT molecular complexity index is 592. The summed E-state index contributed by atoms with van der Waals surface area (Å²) in [5, 5.41) is 3.63. The van der Waals surface area contributed by atoms with Crippen LogP contribution in [0.3, 0.4) is 0 Å². The van der Waals surface area contributed by atoms with E-state index in [1.807, 2.05) is 11.8 Å². The highest BCUT2D eigenvalue weighted by Crippen LogP contribution is 2.28. The number of thioether (sulfide) groups is 1. The molecule has 1 nitrogen and oxygen atoms in total. The molecule has 2 rings (SSSR count). The molecule has 0 spiro atoms. The standard InChI is InChI=1S/C19H25NS/c1-5-20-19(18-11-7-9-15(3)16(18)4)13-21-17-10-6-8-14(2)12-17/h6-12,19-20H,5,13H2,1-4H3. The number of nitrogens with one attached hydrogen (secondary N) is 1. The van der Waals surface area contributed by atoms with E-state index in [0.29, 0.717) is 6.04 Å². The molecule has 1 N–H and O–H groups in total. The summed E-state index contributed by atoms with van der Waals surface area (Å²) < 4.78 is 0. The maximum Gasteiger partial charge on any atom is 0.0418 e. The molecule has 1 unspecified atom stereocenters. The highest BCUT2D eigenvalue weighted by molar-refractivity contribution is 7.99. The molecule has 21 heavy (non-hydrogen) atoms. The minimum absolute atomic E-state index is 0.403. The van der Waals surface area contributed by atoms with E-state index in [0.717, 1.165) is 12.3 Å². The molecular weight excluding hydrogens is 274 g/mol. The van der Waals surface area contributed by atoms with Crippen LogP contribution in [-0.4, -0.2) is 12.3 Å². The number of hydrogen-bond donors (Lipinski definition) is 1.